The first-order chi connectivity index (χ1) is 6.64. The highest BCUT2D eigenvalue weighted by atomic mass is 32.2. The maximum Gasteiger partial charge on any atom is 0.157 e. The number of hydrogen-bond acceptors (Lipinski definition) is 3. The molecule has 1 aliphatic heterocycles. The van der Waals surface area contributed by atoms with Gasteiger partial charge in [-0.2, -0.15) is 0 Å². The SMILES string of the molecule is CCOCCCN=C1NC(C)(C)CS1. The number of hydrogen-bond donors (Lipinski definition) is 1. The van der Waals surface area contributed by atoms with E-state index in [0.717, 1.165) is 37.1 Å². The number of ether oxygens (including phenoxy) is 1. The van der Waals surface area contributed by atoms with Crippen molar-refractivity contribution in [2.75, 3.05) is 25.5 Å². The number of aliphatic imine (C=N–C) groups is 1. The Morgan fingerprint density at radius 2 is 2.36 bits per heavy atom. The van der Waals surface area contributed by atoms with Gasteiger partial charge in [0.1, 0.15) is 0 Å². The number of rotatable bonds is 5. The van der Waals surface area contributed by atoms with Gasteiger partial charge in [0.25, 0.3) is 0 Å². The van der Waals surface area contributed by atoms with Gasteiger partial charge in [0.2, 0.25) is 0 Å². The quantitative estimate of drug-likeness (QED) is 0.712. The Bertz CT molecular complexity index is 204. The van der Waals surface area contributed by atoms with E-state index < -0.39 is 0 Å². The first kappa shape index (κ1) is 11.9. The van der Waals surface area contributed by atoms with Gasteiger partial charge in [-0.1, -0.05) is 11.8 Å². The monoisotopic (exact) mass is 216 g/mol. The van der Waals surface area contributed by atoms with Crippen LogP contribution in [0.15, 0.2) is 4.99 Å². The molecule has 0 spiro atoms. The number of nitrogens with zero attached hydrogens (tertiary/aromatic N) is 1. The van der Waals surface area contributed by atoms with Crippen molar-refractivity contribution in [1.29, 1.82) is 0 Å². The predicted octanol–water partition coefficient (Wildman–Crippen LogP) is 1.88. The fraction of sp³-hybridized carbons (Fsp3) is 0.900. The van der Waals surface area contributed by atoms with Crippen LogP contribution in [0.3, 0.4) is 0 Å². The lowest BCUT2D eigenvalue weighted by Gasteiger charge is -2.15. The van der Waals surface area contributed by atoms with Crippen LogP contribution in [0, 0.1) is 0 Å². The third kappa shape index (κ3) is 4.33. The molecule has 0 aromatic rings. The van der Waals surface area contributed by atoms with Gasteiger partial charge in [-0.05, 0) is 27.2 Å². The molecule has 1 aliphatic rings. The summed E-state index contributed by atoms with van der Waals surface area (Å²) in [6, 6.07) is 0. The lowest BCUT2D eigenvalue weighted by atomic mass is 10.1. The molecule has 0 atom stereocenters. The summed E-state index contributed by atoms with van der Waals surface area (Å²) in [5.41, 5.74) is 0.212. The number of nitrogens with one attached hydrogen (secondary N) is 1. The molecule has 3 nitrogen and oxygen atoms in total. The minimum atomic E-state index is 0.212. The van der Waals surface area contributed by atoms with Gasteiger partial charge in [-0.15, -0.1) is 0 Å². The molecular weight excluding hydrogens is 196 g/mol. The van der Waals surface area contributed by atoms with Gasteiger partial charge in [0, 0.05) is 31.1 Å². The Morgan fingerprint density at radius 3 is 2.93 bits per heavy atom. The first-order valence-corrected chi connectivity index (χ1v) is 6.16. The van der Waals surface area contributed by atoms with Crippen LogP contribution in [-0.4, -0.2) is 36.2 Å². The zero-order valence-electron chi connectivity index (χ0n) is 9.30. The minimum Gasteiger partial charge on any atom is -0.382 e. The summed E-state index contributed by atoms with van der Waals surface area (Å²) in [6.45, 7) is 8.90. The molecule has 0 aliphatic carbocycles. The molecule has 4 heteroatoms. The third-order valence-corrected chi connectivity index (χ3v) is 3.29. The van der Waals surface area contributed by atoms with E-state index in [0.29, 0.717) is 0 Å². The van der Waals surface area contributed by atoms with Crippen LogP contribution in [0.4, 0.5) is 0 Å². The standard InChI is InChI=1S/C10H20N2OS/c1-4-13-7-5-6-11-9-12-10(2,3)8-14-9/h4-8H2,1-3H3,(H,11,12). The molecular formula is C10H20N2OS. The second-order valence-electron chi connectivity index (χ2n) is 4.03. The van der Waals surface area contributed by atoms with E-state index >= 15 is 0 Å². The predicted molar refractivity (Wildman–Crippen MR) is 63.1 cm³/mol. The molecule has 1 fully saturated rings. The average molecular weight is 216 g/mol. The van der Waals surface area contributed by atoms with Gasteiger partial charge in [-0.25, -0.2) is 0 Å². The van der Waals surface area contributed by atoms with Crippen LogP contribution >= 0.6 is 11.8 Å². The van der Waals surface area contributed by atoms with Gasteiger partial charge < -0.3 is 10.1 Å². The summed E-state index contributed by atoms with van der Waals surface area (Å²) >= 11 is 1.81. The highest BCUT2D eigenvalue weighted by Crippen LogP contribution is 2.21. The largest absolute Gasteiger partial charge is 0.382 e. The smallest absolute Gasteiger partial charge is 0.157 e. The Hall–Kier alpha value is -0.220. The molecule has 82 valence electrons. The minimum absolute atomic E-state index is 0.212. The lowest BCUT2D eigenvalue weighted by Crippen LogP contribution is -2.36. The summed E-state index contributed by atoms with van der Waals surface area (Å²) in [5, 5.41) is 4.48. The van der Waals surface area contributed by atoms with Crippen LogP contribution in [-0.2, 0) is 4.74 Å². The van der Waals surface area contributed by atoms with Crippen LogP contribution < -0.4 is 5.32 Å². The Kier molecular flexibility index (Phi) is 4.75. The normalized spacial score (nSPS) is 22.6. The highest BCUT2D eigenvalue weighted by molar-refractivity contribution is 8.14. The van der Waals surface area contributed by atoms with Crippen molar-refractivity contribution < 1.29 is 4.74 Å². The summed E-state index contributed by atoms with van der Waals surface area (Å²) in [4.78, 5) is 4.48. The van der Waals surface area contributed by atoms with Gasteiger partial charge in [0.05, 0.1) is 0 Å². The summed E-state index contributed by atoms with van der Waals surface area (Å²) < 4.78 is 5.24. The van der Waals surface area contributed by atoms with Gasteiger partial charge in [0.15, 0.2) is 5.17 Å². The summed E-state index contributed by atoms with van der Waals surface area (Å²) in [6.07, 6.45) is 1.01. The Labute approximate surface area is 90.7 Å². The molecule has 1 saturated heterocycles. The molecule has 0 aromatic carbocycles. The maximum atomic E-state index is 5.24. The molecule has 1 rings (SSSR count). The van der Waals surface area contributed by atoms with E-state index in [9.17, 15) is 0 Å². The van der Waals surface area contributed by atoms with Crippen molar-refractivity contribution in [3.05, 3.63) is 0 Å². The van der Waals surface area contributed by atoms with Crippen molar-refractivity contribution in [2.45, 2.75) is 32.7 Å². The molecule has 0 unspecified atom stereocenters. The average Bonchev–Trinajstić information content (AvgIpc) is 2.45. The van der Waals surface area contributed by atoms with Crippen LogP contribution in [0.2, 0.25) is 0 Å². The Morgan fingerprint density at radius 1 is 1.57 bits per heavy atom. The zero-order valence-corrected chi connectivity index (χ0v) is 10.1. The van der Waals surface area contributed by atoms with Gasteiger partial charge >= 0.3 is 0 Å². The third-order valence-electron chi connectivity index (χ3n) is 1.92. The number of amidine groups is 1. The Balaban J connectivity index is 2.13. The van der Waals surface area contributed by atoms with E-state index in [2.05, 4.69) is 24.2 Å². The second-order valence-corrected chi connectivity index (χ2v) is 5.00. The maximum absolute atomic E-state index is 5.24. The molecule has 0 aromatic heterocycles. The van der Waals surface area contributed by atoms with Crippen LogP contribution in [0.1, 0.15) is 27.2 Å². The van der Waals surface area contributed by atoms with E-state index in [4.69, 9.17) is 4.74 Å². The van der Waals surface area contributed by atoms with Gasteiger partial charge in [-0.3, -0.25) is 4.99 Å². The lowest BCUT2D eigenvalue weighted by molar-refractivity contribution is 0.146. The van der Waals surface area contributed by atoms with E-state index in [1.54, 1.807) is 0 Å². The van der Waals surface area contributed by atoms with Crippen molar-refractivity contribution in [3.8, 4) is 0 Å². The van der Waals surface area contributed by atoms with Crippen LogP contribution in [0.5, 0.6) is 0 Å². The zero-order chi connectivity index (χ0) is 10.4. The fourth-order valence-corrected chi connectivity index (χ4v) is 2.29. The molecule has 1 heterocycles. The topological polar surface area (TPSA) is 33.6 Å². The van der Waals surface area contributed by atoms with Crippen molar-refractivity contribution in [1.82, 2.24) is 5.32 Å². The van der Waals surface area contributed by atoms with E-state index in [-0.39, 0.29) is 5.54 Å². The number of thioether (sulfide) groups is 1. The second kappa shape index (κ2) is 5.61. The summed E-state index contributed by atoms with van der Waals surface area (Å²) in [7, 11) is 0. The molecule has 0 amide bonds. The molecule has 0 saturated carbocycles. The van der Waals surface area contributed by atoms with Crippen molar-refractivity contribution in [2.24, 2.45) is 4.99 Å². The fourth-order valence-electron chi connectivity index (χ4n) is 1.19. The molecule has 14 heavy (non-hydrogen) atoms. The molecule has 1 N–H and O–H groups in total. The molecule has 0 radical (unpaired) electrons. The van der Waals surface area contributed by atoms with Crippen molar-refractivity contribution in [3.63, 3.8) is 0 Å². The van der Waals surface area contributed by atoms with E-state index in [1.807, 2.05) is 18.7 Å². The highest BCUT2D eigenvalue weighted by Gasteiger charge is 2.26. The molecule has 0 bridgehead atoms. The van der Waals surface area contributed by atoms with E-state index in [1.165, 1.54) is 0 Å². The summed E-state index contributed by atoms with van der Waals surface area (Å²) in [5.74, 6) is 1.11. The van der Waals surface area contributed by atoms with Crippen LogP contribution in [0.25, 0.3) is 0 Å². The van der Waals surface area contributed by atoms with Crippen molar-refractivity contribution >= 4 is 16.9 Å². The first-order valence-electron chi connectivity index (χ1n) is 5.17.